The standard InChI is InChI=1S/C3H6O2Se/c1-2(4)3(5)6/h2,4H,1H3,(H,5,6). The maximum atomic E-state index is 8.31. The van der Waals surface area contributed by atoms with Crippen LogP contribution in [0.3, 0.4) is 0 Å². The zero-order chi connectivity index (χ0) is 5.15. The predicted molar refractivity (Wildman–Crippen MR) is 24.4 cm³/mol. The molecule has 6 heavy (non-hydrogen) atoms. The molecule has 0 heterocycles. The van der Waals surface area contributed by atoms with E-state index in [1.54, 1.807) is 0 Å². The number of rotatable bonds is 1. The Labute approximate surface area is 44.2 Å². The molecule has 0 aliphatic carbocycles. The maximum absolute atomic E-state index is 8.31. The molecule has 0 saturated carbocycles. The van der Waals surface area contributed by atoms with E-state index in [0.717, 1.165) is 0 Å². The average molecular weight is 153 g/mol. The van der Waals surface area contributed by atoms with E-state index in [2.05, 4.69) is 15.6 Å². The first kappa shape index (κ1) is 6.15. The molecule has 2 N–H and O–H groups in total. The van der Waals surface area contributed by atoms with Crippen LogP contribution in [0.2, 0.25) is 0 Å². The molecule has 0 rings (SSSR count). The van der Waals surface area contributed by atoms with Crippen LogP contribution in [-0.4, -0.2) is 36.5 Å². The molecule has 36 valence electrons. The van der Waals surface area contributed by atoms with Crippen molar-refractivity contribution in [3.63, 3.8) is 0 Å². The van der Waals surface area contributed by atoms with Crippen LogP contribution in [0.4, 0.5) is 0 Å². The summed E-state index contributed by atoms with van der Waals surface area (Å²) in [5.41, 5.74) is 0. The van der Waals surface area contributed by atoms with E-state index in [0.29, 0.717) is 0 Å². The van der Waals surface area contributed by atoms with Gasteiger partial charge in [0.2, 0.25) is 0 Å². The molecule has 0 bridgehead atoms. The van der Waals surface area contributed by atoms with Gasteiger partial charge in [0.1, 0.15) is 0 Å². The summed E-state index contributed by atoms with van der Waals surface area (Å²) in [7, 11) is 0. The van der Waals surface area contributed by atoms with Crippen LogP contribution < -0.4 is 0 Å². The van der Waals surface area contributed by atoms with Crippen molar-refractivity contribution >= 4 is 20.2 Å². The Bertz CT molecular complexity index is 59.8. The monoisotopic (exact) mass is 154 g/mol. The van der Waals surface area contributed by atoms with Crippen LogP contribution >= 0.6 is 0 Å². The fraction of sp³-hybridized carbons (Fsp3) is 0.667. The van der Waals surface area contributed by atoms with E-state index in [1.807, 2.05) is 0 Å². The van der Waals surface area contributed by atoms with Gasteiger partial charge >= 0.3 is 43.4 Å². The fourth-order valence-corrected chi connectivity index (χ4v) is 0. The first-order valence-electron chi connectivity index (χ1n) is 1.55. The zero-order valence-corrected chi connectivity index (χ0v) is 5.09. The van der Waals surface area contributed by atoms with Crippen LogP contribution in [0.5, 0.6) is 0 Å². The number of hydrogen-bond donors (Lipinski definition) is 2. The summed E-state index contributed by atoms with van der Waals surface area (Å²) in [4.78, 5) is 0. The molecule has 0 aliphatic rings. The summed E-state index contributed by atoms with van der Waals surface area (Å²) in [6.07, 6.45) is -0.731. The van der Waals surface area contributed by atoms with E-state index in [1.165, 1.54) is 6.92 Å². The Morgan fingerprint density at radius 1 is 1.83 bits per heavy atom. The molecule has 1 unspecified atom stereocenters. The van der Waals surface area contributed by atoms with Gasteiger partial charge in [-0.1, -0.05) is 0 Å². The summed E-state index contributed by atoms with van der Waals surface area (Å²) in [5, 5.41) is 16.6. The van der Waals surface area contributed by atoms with E-state index in [9.17, 15) is 0 Å². The van der Waals surface area contributed by atoms with Crippen molar-refractivity contribution in [1.29, 1.82) is 0 Å². The van der Waals surface area contributed by atoms with Crippen molar-refractivity contribution in [2.45, 2.75) is 13.0 Å². The molecule has 1 atom stereocenters. The Balaban J connectivity index is 3.26. The van der Waals surface area contributed by atoms with E-state index in [-0.39, 0.29) is 4.60 Å². The van der Waals surface area contributed by atoms with Crippen LogP contribution in [-0.2, 0) is 0 Å². The molecular formula is C3H6O2Se. The van der Waals surface area contributed by atoms with Gasteiger partial charge in [0.25, 0.3) is 0 Å². The summed E-state index contributed by atoms with van der Waals surface area (Å²) in [6.45, 7) is 1.48. The third-order valence-corrected chi connectivity index (χ3v) is 1.07. The predicted octanol–water partition coefficient (Wildman–Crippen LogP) is -0.962. The van der Waals surface area contributed by atoms with Crippen LogP contribution in [0.15, 0.2) is 0 Å². The van der Waals surface area contributed by atoms with Gasteiger partial charge in [-0.2, -0.15) is 0 Å². The van der Waals surface area contributed by atoms with Crippen molar-refractivity contribution in [3.8, 4) is 0 Å². The summed E-state index contributed by atoms with van der Waals surface area (Å²) in [5.74, 6) is 0. The molecule has 0 radical (unpaired) electrons. The van der Waals surface area contributed by atoms with E-state index < -0.39 is 6.10 Å². The van der Waals surface area contributed by atoms with Crippen LogP contribution in [0.25, 0.3) is 0 Å². The second-order valence-electron chi connectivity index (χ2n) is 1.01. The van der Waals surface area contributed by atoms with Crippen molar-refractivity contribution < 1.29 is 10.2 Å². The van der Waals surface area contributed by atoms with Gasteiger partial charge in [0.05, 0.1) is 0 Å². The van der Waals surface area contributed by atoms with Crippen molar-refractivity contribution in [1.82, 2.24) is 0 Å². The molecule has 0 aromatic carbocycles. The third kappa shape index (κ3) is 2.39. The summed E-state index contributed by atoms with van der Waals surface area (Å²) < 4.78 is -0.0602. The normalized spacial score (nSPS) is 13.7. The van der Waals surface area contributed by atoms with Crippen molar-refractivity contribution in [2.75, 3.05) is 0 Å². The second kappa shape index (κ2) is 2.34. The van der Waals surface area contributed by atoms with Gasteiger partial charge in [0.15, 0.2) is 0 Å². The van der Waals surface area contributed by atoms with Gasteiger partial charge in [-0.15, -0.1) is 0 Å². The minimum atomic E-state index is -0.731. The molecule has 0 aromatic rings. The summed E-state index contributed by atoms with van der Waals surface area (Å²) in [6, 6.07) is 0. The van der Waals surface area contributed by atoms with Crippen LogP contribution in [0, 0.1) is 0 Å². The number of aliphatic hydroxyl groups excluding tert-OH is 2. The number of hydrogen-bond acceptors (Lipinski definition) is 2. The Kier molecular flexibility index (Phi) is 2.40. The Morgan fingerprint density at radius 3 is 2.00 bits per heavy atom. The molecule has 0 fully saturated rings. The molecule has 0 aromatic heterocycles. The molecule has 0 aliphatic heterocycles. The second-order valence-corrected chi connectivity index (χ2v) is 1.89. The molecule has 3 heteroatoms. The van der Waals surface area contributed by atoms with Crippen LogP contribution in [0.1, 0.15) is 6.92 Å². The molecule has 0 saturated heterocycles. The van der Waals surface area contributed by atoms with Gasteiger partial charge in [-0.25, -0.2) is 0 Å². The Hall–Kier alpha value is 0.149. The quantitative estimate of drug-likeness (QED) is 0.476. The van der Waals surface area contributed by atoms with E-state index in [4.69, 9.17) is 10.2 Å². The topological polar surface area (TPSA) is 40.5 Å². The molecule has 2 nitrogen and oxygen atoms in total. The van der Waals surface area contributed by atoms with E-state index >= 15 is 0 Å². The summed E-state index contributed by atoms with van der Waals surface area (Å²) >= 11 is 2.26. The first-order chi connectivity index (χ1) is 2.64. The molecule has 0 amide bonds. The third-order valence-electron chi connectivity index (χ3n) is 0.357. The van der Waals surface area contributed by atoms with Crippen molar-refractivity contribution in [3.05, 3.63) is 0 Å². The van der Waals surface area contributed by atoms with Gasteiger partial charge < -0.3 is 0 Å². The van der Waals surface area contributed by atoms with Gasteiger partial charge in [-0.05, 0) is 0 Å². The fourth-order valence-electron chi connectivity index (χ4n) is 0. The minimum absolute atomic E-state index is 0.0602. The van der Waals surface area contributed by atoms with Crippen molar-refractivity contribution in [2.24, 2.45) is 0 Å². The average Bonchev–Trinajstić information content (AvgIpc) is 1.36. The zero-order valence-electron chi connectivity index (χ0n) is 3.38. The number of aliphatic hydroxyl groups is 2. The van der Waals surface area contributed by atoms with Gasteiger partial charge in [-0.3, -0.25) is 0 Å². The molecular weight excluding hydrogens is 147 g/mol. The molecule has 0 spiro atoms. The SMILES string of the molecule is CC(O)C(O)=[Se]. The Morgan fingerprint density at radius 2 is 2.00 bits per heavy atom. The van der Waals surface area contributed by atoms with Gasteiger partial charge in [0, 0.05) is 0 Å². The first-order valence-corrected chi connectivity index (χ1v) is 2.41.